The fourth-order valence-electron chi connectivity index (χ4n) is 1.38. The Morgan fingerprint density at radius 2 is 2.16 bits per heavy atom. The molecule has 1 aromatic rings. The molecule has 0 aliphatic rings. The van der Waals surface area contributed by atoms with Crippen molar-refractivity contribution >= 4 is 29.9 Å². The Kier molecular flexibility index (Phi) is 8.46. The lowest BCUT2D eigenvalue weighted by Crippen LogP contribution is -2.41. The van der Waals surface area contributed by atoms with Crippen LogP contribution in [0.4, 0.5) is 4.39 Å². The molecular formula is C13H21FIN3O. The number of guanidine groups is 1. The summed E-state index contributed by atoms with van der Waals surface area (Å²) in [4.78, 5) is 4.08. The van der Waals surface area contributed by atoms with Gasteiger partial charge in [-0.1, -0.05) is 13.0 Å². The molecule has 0 aliphatic heterocycles. The number of hydrogen-bond acceptors (Lipinski definition) is 2. The molecule has 0 saturated carbocycles. The van der Waals surface area contributed by atoms with Gasteiger partial charge in [0.25, 0.3) is 0 Å². The predicted molar refractivity (Wildman–Crippen MR) is 86.6 cm³/mol. The van der Waals surface area contributed by atoms with Crippen molar-refractivity contribution in [3.63, 3.8) is 0 Å². The number of nitrogens with one attached hydrogen (secondary N) is 2. The van der Waals surface area contributed by atoms with Crippen molar-refractivity contribution in [2.45, 2.75) is 32.9 Å². The molecule has 0 bridgehead atoms. The molecule has 0 fully saturated rings. The van der Waals surface area contributed by atoms with Crippen LogP contribution < -0.4 is 10.6 Å². The first-order chi connectivity index (χ1) is 8.56. The van der Waals surface area contributed by atoms with Crippen molar-refractivity contribution < 1.29 is 9.50 Å². The molecule has 0 aromatic heterocycles. The minimum atomic E-state index is -0.612. The van der Waals surface area contributed by atoms with Gasteiger partial charge in [-0.05, 0) is 31.0 Å². The third kappa shape index (κ3) is 6.09. The number of aromatic hydroxyl groups is 1. The largest absolute Gasteiger partial charge is 0.505 e. The fourth-order valence-corrected chi connectivity index (χ4v) is 1.38. The van der Waals surface area contributed by atoms with Crippen LogP contribution in [0.5, 0.6) is 5.75 Å². The van der Waals surface area contributed by atoms with Crippen LogP contribution in [0.1, 0.15) is 25.8 Å². The van der Waals surface area contributed by atoms with Crippen LogP contribution in [0.3, 0.4) is 0 Å². The monoisotopic (exact) mass is 381 g/mol. The number of benzene rings is 1. The van der Waals surface area contributed by atoms with Crippen molar-refractivity contribution in [3.8, 4) is 5.75 Å². The molecule has 0 amide bonds. The minimum absolute atomic E-state index is 0. The van der Waals surface area contributed by atoms with Gasteiger partial charge in [0.1, 0.15) is 0 Å². The Balaban J connectivity index is 0.00000324. The van der Waals surface area contributed by atoms with Crippen LogP contribution in [0.15, 0.2) is 23.2 Å². The zero-order chi connectivity index (χ0) is 13.5. The lowest BCUT2D eigenvalue weighted by Gasteiger charge is -2.16. The van der Waals surface area contributed by atoms with E-state index in [0.717, 1.165) is 12.0 Å². The quantitative estimate of drug-likeness (QED) is 0.427. The van der Waals surface area contributed by atoms with E-state index < -0.39 is 5.82 Å². The second kappa shape index (κ2) is 8.95. The summed E-state index contributed by atoms with van der Waals surface area (Å²) in [6.07, 6.45) is 0.995. The number of phenolic OH excluding ortho intramolecular Hbond substituents is 1. The number of rotatable bonds is 4. The van der Waals surface area contributed by atoms with Crippen molar-refractivity contribution in [3.05, 3.63) is 29.6 Å². The standard InChI is InChI=1S/C13H20FN3O.HI/c1-4-9(2)17-13(15-3)16-8-10-5-6-12(18)11(14)7-10;/h5-7,9,18H,4,8H2,1-3H3,(H2,15,16,17);1H. The number of nitrogens with zero attached hydrogens (tertiary/aromatic N) is 1. The smallest absolute Gasteiger partial charge is 0.191 e. The van der Waals surface area contributed by atoms with E-state index in [1.165, 1.54) is 12.1 Å². The van der Waals surface area contributed by atoms with Gasteiger partial charge >= 0.3 is 0 Å². The minimum Gasteiger partial charge on any atom is -0.505 e. The number of halogens is 2. The number of hydrogen-bond donors (Lipinski definition) is 3. The molecule has 1 rings (SSSR count). The van der Waals surface area contributed by atoms with Crippen molar-refractivity contribution in [1.29, 1.82) is 0 Å². The number of phenols is 1. The first-order valence-electron chi connectivity index (χ1n) is 6.01. The van der Waals surface area contributed by atoms with Crippen LogP contribution in [0.25, 0.3) is 0 Å². The summed E-state index contributed by atoms with van der Waals surface area (Å²) in [7, 11) is 1.69. The molecule has 0 heterocycles. The average molecular weight is 381 g/mol. The third-order valence-corrected chi connectivity index (χ3v) is 2.69. The van der Waals surface area contributed by atoms with E-state index in [2.05, 4.69) is 29.5 Å². The molecule has 108 valence electrons. The Labute approximate surface area is 130 Å². The molecule has 0 radical (unpaired) electrons. The molecular weight excluding hydrogens is 360 g/mol. The highest BCUT2D eigenvalue weighted by Crippen LogP contribution is 2.15. The van der Waals surface area contributed by atoms with E-state index in [4.69, 9.17) is 5.11 Å². The summed E-state index contributed by atoms with van der Waals surface area (Å²) in [6.45, 7) is 4.60. The highest BCUT2D eigenvalue weighted by atomic mass is 127. The third-order valence-electron chi connectivity index (χ3n) is 2.69. The molecule has 0 aliphatic carbocycles. The van der Waals surface area contributed by atoms with Gasteiger partial charge in [-0.25, -0.2) is 4.39 Å². The van der Waals surface area contributed by atoms with Crippen molar-refractivity contribution in [2.24, 2.45) is 4.99 Å². The molecule has 4 nitrogen and oxygen atoms in total. The van der Waals surface area contributed by atoms with Crippen LogP contribution in [0.2, 0.25) is 0 Å². The van der Waals surface area contributed by atoms with Crippen LogP contribution in [-0.2, 0) is 6.54 Å². The van der Waals surface area contributed by atoms with Gasteiger partial charge in [0.05, 0.1) is 0 Å². The Bertz CT molecular complexity index is 426. The van der Waals surface area contributed by atoms with Gasteiger partial charge in [0.15, 0.2) is 17.5 Å². The van der Waals surface area contributed by atoms with Gasteiger partial charge < -0.3 is 15.7 Å². The molecule has 1 atom stereocenters. The van der Waals surface area contributed by atoms with Crippen LogP contribution >= 0.6 is 24.0 Å². The normalized spacial score (nSPS) is 12.5. The molecule has 0 spiro atoms. The Hall–Kier alpha value is -1.05. The van der Waals surface area contributed by atoms with Crippen molar-refractivity contribution in [1.82, 2.24) is 10.6 Å². The first kappa shape index (κ1) is 17.9. The second-order valence-corrected chi connectivity index (χ2v) is 4.17. The van der Waals surface area contributed by atoms with E-state index in [1.807, 2.05) is 0 Å². The van der Waals surface area contributed by atoms with E-state index >= 15 is 0 Å². The van der Waals surface area contributed by atoms with Gasteiger partial charge in [0, 0.05) is 19.6 Å². The van der Waals surface area contributed by atoms with E-state index in [1.54, 1.807) is 13.1 Å². The van der Waals surface area contributed by atoms with E-state index in [9.17, 15) is 4.39 Å². The molecule has 6 heteroatoms. The van der Waals surface area contributed by atoms with Gasteiger partial charge in [-0.3, -0.25) is 4.99 Å². The summed E-state index contributed by atoms with van der Waals surface area (Å²) in [5.41, 5.74) is 0.748. The first-order valence-corrected chi connectivity index (χ1v) is 6.01. The summed E-state index contributed by atoms with van der Waals surface area (Å²) in [5.74, 6) is -0.266. The summed E-state index contributed by atoms with van der Waals surface area (Å²) >= 11 is 0. The maximum absolute atomic E-state index is 13.1. The van der Waals surface area contributed by atoms with Gasteiger partial charge in [-0.2, -0.15) is 0 Å². The highest BCUT2D eigenvalue weighted by molar-refractivity contribution is 14.0. The van der Waals surface area contributed by atoms with E-state index in [0.29, 0.717) is 18.5 Å². The van der Waals surface area contributed by atoms with E-state index in [-0.39, 0.29) is 29.7 Å². The van der Waals surface area contributed by atoms with Crippen LogP contribution in [-0.4, -0.2) is 24.2 Å². The summed E-state index contributed by atoms with van der Waals surface area (Å²) in [5, 5.41) is 15.4. The molecule has 19 heavy (non-hydrogen) atoms. The van der Waals surface area contributed by atoms with Crippen LogP contribution in [0, 0.1) is 5.82 Å². The average Bonchev–Trinajstić information content (AvgIpc) is 2.38. The lowest BCUT2D eigenvalue weighted by molar-refractivity contribution is 0.431. The molecule has 0 saturated heterocycles. The predicted octanol–water partition coefficient (Wildman–Crippen LogP) is 2.61. The summed E-state index contributed by atoms with van der Waals surface area (Å²) < 4.78 is 13.1. The fraction of sp³-hybridized carbons (Fsp3) is 0.462. The lowest BCUT2D eigenvalue weighted by atomic mass is 10.2. The number of aliphatic imine (C=N–C) groups is 1. The Morgan fingerprint density at radius 3 is 2.68 bits per heavy atom. The van der Waals surface area contributed by atoms with Gasteiger partial charge in [-0.15, -0.1) is 24.0 Å². The maximum atomic E-state index is 13.1. The zero-order valence-electron chi connectivity index (χ0n) is 11.4. The van der Waals surface area contributed by atoms with Crippen molar-refractivity contribution in [2.75, 3.05) is 7.05 Å². The maximum Gasteiger partial charge on any atom is 0.191 e. The topological polar surface area (TPSA) is 56.7 Å². The molecule has 3 N–H and O–H groups in total. The highest BCUT2D eigenvalue weighted by Gasteiger charge is 2.04. The van der Waals surface area contributed by atoms with Gasteiger partial charge in [0.2, 0.25) is 0 Å². The Morgan fingerprint density at radius 1 is 1.47 bits per heavy atom. The summed E-state index contributed by atoms with van der Waals surface area (Å²) in [6, 6.07) is 4.64. The SMILES string of the molecule is CCC(C)NC(=NC)NCc1ccc(O)c(F)c1.I. The zero-order valence-corrected chi connectivity index (χ0v) is 13.7. The molecule has 1 aromatic carbocycles. The molecule has 1 unspecified atom stereocenters. The second-order valence-electron chi connectivity index (χ2n) is 4.17.